The summed E-state index contributed by atoms with van der Waals surface area (Å²) in [6.45, 7) is 0. The average Bonchev–Trinajstić information content (AvgIpc) is 3.91. The zero-order valence-corrected chi connectivity index (χ0v) is 27.5. The van der Waals surface area contributed by atoms with Gasteiger partial charge in [0, 0.05) is 64.1 Å². The van der Waals surface area contributed by atoms with Gasteiger partial charge in [-0.3, -0.25) is 0 Å². The number of rotatable bonds is 4. The molecule has 51 heavy (non-hydrogen) atoms. The van der Waals surface area contributed by atoms with Gasteiger partial charge >= 0.3 is 0 Å². The fourth-order valence-electron chi connectivity index (χ4n) is 7.28. The summed E-state index contributed by atoms with van der Waals surface area (Å²) in [5.74, 6) is 1.50. The lowest BCUT2D eigenvalue weighted by Gasteiger charge is -2.10. The lowest BCUT2D eigenvalue weighted by Crippen LogP contribution is -2.00. The molecule has 0 N–H and O–H groups in total. The fraction of sp³-hybridized carbons (Fsp3) is 0. The van der Waals surface area contributed by atoms with Gasteiger partial charge in [-0.25, -0.2) is 15.0 Å². The Morgan fingerprint density at radius 2 is 1.14 bits per heavy atom. The maximum absolute atomic E-state index is 8.78. The van der Waals surface area contributed by atoms with Crippen molar-refractivity contribution in [1.29, 1.82) is 0 Å². The molecule has 0 aliphatic heterocycles. The van der Waals surface area contributed by atoms with Crippen LogP contribution >= 0.6 is 11.3 Å². The van der Waals surface area contributed by atoms with Gasteiger partial charge in [-0.15, -0.1) is 11.3 Å². The van der Waals surface area contributed by atoms with E-state index in [4.69, 9.17) is 26.2 Å². The van der Waals surface area contributed by atoms with Crippen LogP contribution in [0.5, 0.6) is 0 Å². The SMILES string of the molecule is [2H]c1c([2H])c([2H])c(-n2c3ccccc3c3cc(-c4nc(-c5ccccc5)nc(-c5ccc6oc7ccc8sc9ccccc9c8c7c6c5)n4)ccc32)c([2H])c1[2H]. The van der Waals surface area contributed by atoms with Gasteiger partial charge in [-0.2, -0.15) is 0 Å². The minimum absolute atomic E-state index is 0.0960. The van der Waals surface area contributed by atoms with Crippen LogP contribution in [0.25, 0.3) is 104 Å². The molecule has 11 rings (SSSR count). The van der Waals surface area contributed by atoms with Crippen LogP contribution in [-0.4, -0.2) is 19.5 Å². The van der Waals surface area contributed by atoms with Gasteiger partial charge in [0.05, 0.1) is 17.9 Å². The second kappa shape index (κ2) is 10.9. The summed E-state index contributed by atoms with van der Waals surface area (Å²) in [5, 5.41) is 6.11. The summed E-state index contributed by atoms with van der Waals surface area (Å²) in [4.78, 5) is 15.1. The average molecular weight is 676 g/mol. The highest BCUT2D eigenvalue weighted by Gasteiger charge is 2.19. The van der Waals surface area contributed by atoms with Crippen LogP contribution in [0.2, 0.25) is 0 Å². The van der Waals surface area contributed by atoms with Crippen molar-refractivity contribution in [1.82, 2.24) is 19.5 Å². The van der Waals surface area contributed by atoms with Crippen molar-refractivity contribution in [3.63, 3.8) is 0 Å². The summed E-state index contributed by atoms with van der Waals surface area (Å²) in [6, 6.07) is 40.3. The van der Waals surface area contributed by atoms with Crippen molar-refractivity contribution in [3.05, 3.63) is 158 Å². The Morgan fingerprint density at radius 3 is 1.96 bits per heavy atom. The second-order valence-electron chi connectivity index (χ2n) is 12.5. The zero-order valence-electron chi connectivity index (χ0n) is 31.7. The first-order valence-electron chi connectivity index (χ1n) is 19.0. The summed E-state index contributed by atoms with van der Waals surface area (Å²) < 4.78 is 53.0. The van der Waals surface area contributed by atoms with Gasteiger partial charge in [0.25, 0.3) is 0 Å². The summed E-state index contributed by atoms with van der Waals surface area (Å²) >= 11 is 1.77. The summed E-state index contributed by atoms with van der Waals surface area (Å²) in [7, 11) is 0. The number of furan rings is 1. The summed E-state index contributed by atoms with van der Waals surface area (Å²) in [6.07, 6.45) is 0. The van der Waals surface area contributed by atoms with Crippen molar-refractivity contribution < 1.29 is 11.3 Å². The van der Waals surface area contributed by atoms with E-state index in [1.807, 2.05) is 91.0 Å². The smallest absolute Gasteiger partial charge is 0.164 e. The molecule has 5 nitrogen and oxygen atoms in total. The van der Waals surface area contributed by atoms with Crippen molar-refractivity contribution in [2.24, 2.45) is 0 Å². The molecule has 0 fully saturated rings. The highest BCUT2D eigenvalue weighted by molar-refractivity contribution is 7.26. The quantitative estimate of drug-likeness (QED) is 0.186. The lowest BCUT2D eigenvalue weighted by molar-refractivity contribution is 0.669. The second-order valence-corrected chi connectivity index (χ2v) is 13.5. The fourth-order valence-corrected chi connectivity index (χ4v) is 8.39. The maximum Gasteiger partial charge on any atom is 0.164 e. The molecule has 4 heterocycles. The van der Waals surface area contributed by atoms with E-state index in [0.717, 1.165) is 49.4 Å². The topological polar surface area (TPSA) is 56.7 Å². The van der Waals surface area contributed by atoms with Gasteiger partial charge in [0.15, 0.2) is 17.5 Å². The number of fused-ring (bicyclic) bond motifs is 10. The Morgan fingerprint density at radius 1 is 0.490 bits per heavy atom. The molecule has 0 radical (unpaired) electrons. The first kappa shape index (κ1) is 23.7. The first-order chi connectivity index (χ1) is 27.3. The van der Waals surface area contributed by atoms with Crippen molar-refractivity contribution >= 4 is 75.3 Å². The molecule has 0 aliphatic rings. The molecule has 4 aromatic heterocycles. The van der Waals surface area contributed by atoms with Gasteiger partial charge in [-0.1, -0.05) is 84.9 Å². The molecular formula is C45H26N4OS. The van der Waals surface area contributed by atoms with E-state index in [9.17, 15) is 0 Å². The highest BCUT2D eigenvalue weighted by atomic mass is 32.1. The maximum atomic E-state index is 8.78. The normalized spacial score (nSPS) is 13.3. The molecule has 0 unspecified atom stereocenters. The molecule has 0 saturated carbocycles. The van der Waals surface area contributed by atoms with Crippen molar-refractivity contribution in [2.75, 3.05) is 0 Å². The number of hydrogen-bond donors (Lipinski definition) is 0. The Hall–Kier alpha value is -6.63. The lowest BCUT2D eigenvalue weighted by atomic mass is 10.0. The Kier molecular flexibility index (Phi) is 5.08. The molecule has 11 aromatic rings. The van der Waals surface area contributed by atoms with Crippen LogP contribution in [0.1, 0.15) is 6.85 Å². The van der Waals surface area contributed by atoms with Gasteiger partial charge in [0.1, 0.15) is 11.2 Å². The largest absolute Gasteiger partial charge is 0.456 e. The van der Waals surface area contributed by atoms with E-state index < -0.39 is 6.04 Å². The molecule has 0 aliphatic carbocycles. The third-order valence-electron chi connectivity index (χ3n) is 9.54. The molecule has 7 aromatic carbocycles. The molecule has 0 amide bonds. The minimum Gasteiger partial charge on any atom is -0.456 e. The number of aromatic nitrogens is 4. The molecule has 0 saturated heterocycles. The van der Waals surface area contributed by atoms with Gasteiger partial charge in [0.2, 0.25) is 0 Å². The van der Waals surface area contributed by atoms with Crippen LogP contribution < -0.4 is 0 Å². The Labute approximate surface area is 302 Å². The first-order valence-corrected chi connectivity index (χ1v) is 17.3. The number of hydrogen-bond acceptors (Lipinski definition) is 5. The molecule has 0 bridgehead atoms. The third-order valence-corrected chi connectivity index (χ3v) is 10.7. The van der Waals surface area contributed by atoms with Crippen molar-refractivity contribution in [2.45, 2.75) is 0 Å². The number of benzene rings is 7. The van der Waals surface area contributed by atoms with Gasteiger partial charge < -0.3 is 8.98 Å². The standard InChI is InChI=1S/C45H26N4OS/c1-3-11-27(12-4-1)43-46-44(28-19-21-36-33(25-28)31-15-7-9-17-35(31)49(36)30-13-5-2-6-14-30)48-45(47-43)29-20-22-37-34(26-29)41-38(50-37)23-24-40-42(41)32-16-8-10-18-39(32)51-40/h1-26H/i2D,5D,6D,13D,14D. The number of nitrogens with zero attached hydrogens (tertiary/aromatic N) is 4. The highest BCUT2D eigenvalue weighted by Crippen LogP contribution is 2.43. The van der Waals surface area contributed by atoms with Crippen molar-refractivity contribution in [3.8, 4) is 39.9 Å². The van der Waals surface area contributed by atoms with E-state index in [1.54, 1.807) is 15.9 Å². The third kappa shape index (κ3) is 4.37. The molecule has 6 heteroatoms. The van der Waals surface area contributed by atoms with Crippen LogP contribution in [0.15, 0.2) is 162 Å². The van der Waals surface area contributed by atoms with Crippen LogP contribution in [0.3, 0.4) is 0 Å². The van der Waals surface area contributed by atoms with E-state index in [1.165, 1.54) is 20.2 Å². The minimum atomic E-state index is -0.431. The van der Waals surface area contributed by atoms with Gasteiger partial charge in [-0.05, 0) is 72.7 Å². The molecule has 0 atom stereocenters. The predicted molar refractivity (Wildman–Crippen MR) is 211 cm³/mol. The Bertz CT molecular complexity index is 3420. The summed E-state index contributed by atoms with van der Waals surface area (Å²) in [5.41, 5.74) is 5.51. The predicted octanol–water partition coefficient (Wildman–Crippen LogP) is 12.2. The van der Waals surface area contributed by atoms with E-state index >= 15 is 0 Å². The monoisotopic (exact) mass is 675 g/mol. The Balaban J connectivity index is 1.14. The van der Waals surface area contributed by atoms with E-state index in [-0.39, 0.29) is 29.9 Å². The van der Waals surface area contributed by atoms with E-state index in [2.05, 4.69) is 36.4 Å². The van der Waals surface area contributed by atoms with Crippen LogP contribution in [0.4, 0.5) is 0 Å². The molecule has 238 valence electrons. The van der Waals surface area contributed by atoms with Crippen LogP contribution in [-0.2, 0) is 0 Å². The van der Waals surface area contributed by atoms with E-state index in [0.29, 0.717) is 28.5 Å². The van der Waals surface area contributed by atoms with Crippen LogP contribution in [0, 0.1) is 0 Å². The molecular weight excluding hydrogens is 645 g/mol. The zero-order chi connectivity index (χ0) is 37.8. The number of thiophene rings is 1. The molecule has 0 spiro atoms. The number of para-hydroxylation sites is 2.